The van der Waals surface area contributed by atoms with Gasteiger partial charge in [0.25, 0.3) is 0 Å². The normalized spacial score (nSPS) is 20.2. The SMILES string of the molecule is Fc1cccc2c1SCC=C2C1CC1. The molecule has 0 spiro atoms. The molecule has 0 amide bonds. The van der Waals surface area contributed by atoms with E-state index in [1.165, 1.54) is 18.4 Å². The van der Waals surface area contributed by atoms with E-state index in [1.807, 2.05) is 6.07 Å². The molecule has 0 N–H and O–H groups in total. The van der Waals surface area contributed by atoms with Crippen LogP contribution in [0.15, 0.2) is 29.2 Å². The zero-order valence-corrected chi connectivity index (χ0v) is 8.61. The maximum Gasteiger partial charge on any atom is 0.137 e. The minimum Gasteiger partial charge on any atom is -0.206 e. The van der Waals surface area contributed by atoms with E-state index in [0.717, 1.165) is 22.1 Å². The van der Waals surface area contributed by atoms with Crippen molar-refractivity contribution in [2.75, 3.05) is 5.75 Å². The zero-order chi connectivity index (χ0) is 9.54. The molecule has 1 heterocycles. The van der Waals surface area contributed by atoms with E-state index in [-0.39, 0.29) is 5.82 Å². The van der Waals surface area contributed by atoms with E-state index < -0.39 is 0 Å². The van der Waals surface area contributed by atoms with Gasteiger partial charge < -0.3 is 0 Å². The third-order valence-electron chi connectivity index (χ3n) is 2.83. The second kappa shape index (κ2) is 3.13. The number of hydrogen-bond acceptors (Lipinski definition) is 1. The van der Waals surface area contributed by atoms with Gasteiger partial charge in [0.1, 0.15) is 5.82 Å². The number of rotatable bonds is 1. The van der Waals surface area contributed by atoms with Gasteiger partial charge in [-0.15, -0.1) is 11.8 Å². The predicted molar refractivity (Wildman–Crippen MR) is 57.8 cm³/mol. The molecule has 14 heavy (non-hydrogen) atoms. The van der Waals surface area contributed by atoms with Crippen molar-refractivity contribution in [3.05, 3.63) is 35.7 Å². The lowest BCUT2D eigenvalue weighted by Gasteiger charge is -2.17. The van der Waals surface area contributed by atoms with Gasteiger partial charge >= 0.3 is 0 Å². The van der Waals surface area contributed by atoms with Gasteiger partial charge in [-0.2, -0.15) is 0 Å². The number of fused-ring (bicyclic) bond motifs is 1. The van der Waals surface area contributed by atoms with Crippen molar-refractivity contribution < 1.29 is 4.39 Å². The standard InChI is InChI=1S/C12H11FS/c13-11-3-1-2-10-9(8-4-5-8)6-7-14-12(10)11/h1-3,6,8H,4-5,7H2. The second-order valence-electron chi connectivity index (χ2n) is 3.86. The molecule has 0 atom stereocenters. The van der Waals surface area contributed by atoms with Crippen LogP contribution in [-0.4, -0.2) is 5.75 Å². The van der Waals surface area contributed by atoms with Crippen LogP contribution < -0.4 is 0 Å². The van der Waals surface area contributed by atoms with Crippen molar-refractivity contribution in [2.45, 2.75) is 17.7 Å². The summed E-state index contributed by atoms with van der Waals surface area (Å²) in [6, 6.07) is 5.42. The summed E-state index contributed by atoms with van der Waals surface area (Å²) < 4.78 is 13.5. The van der Waals surface area contributed by atoms with Gasteiger partial charge in [-0.3, -0.25) is 0 Å². The predicted octanol–water partition coefficient (Wildman–Crippen LogP) is 3.72. The molecule has 1 fully saturated rings. The van der Waals surface area contributed by atoms with Gasteiger partial charge in [-0.1, -0.05) is 18.2 Å². The molecule has 1 aliphatic carbocycles. The summed E-state index contributed by atoms with van der Waals surface area (Å²) >= 11 is 1.61. The van der Waals surface area contributed by atoms with E-state index in [9.17, 15) is 4.39 Å². The molecular weight excluding hydrogens is 195 g/mol. The summed E-state index contributed by atoms with van der Waals surface area (Å²) in [7, 11) is 0. The highest BCUT2D eigenvalue weighted by molar-refractivity contribution is 7.99. The van der Waals surface area contributed by atoms with Crippen LogP contribution >= 0.6 is 11.8 Å². The third kappa shape index (κ3) is 1.29. The Morgan fingerprint density at radius 1 is 1.29 bits per heavy atom. The van der Waals surface area contributed by atoms with Gasteiger partial charge in [0, 0.05) is 5.75 Å². The van der Waals surface area contributed by atoms with Crippen LogP contribution in [0.2, 0.25) is 0 Å². The first-order chi connectivity index (χ1) is 6.86. The lowest BCUT2D eigenvalue weighted by Crippen LogP contribution is -1.99. The van der Waals surface area contributed by atoms with Crippen LogP contribution in [0, 0.1) is 11.7 Å². The Kier molecular flexibility index (Phi) is 1.91. The smallest absolute Gasteiger partial charge is 0.137 e. The highest BCUT2D eigenvalue weighted by Gasteiger charge is 2.30. The fourth-order valence-corrected chi connectivity index (χ4v) is 2.97. The fraction of sp³-hybridized carbons (Fsp3) is 0.333. The van der Waals surface area contributed by atoms with Crippen LogP contribution in [0.1, 0.15) is 18.4 Å². The molecule has 0 bridgehead atoms. The van der Waals surface area contributed by atoms with E-state index in [0.29, 0.717) is 0 Å². The Morgan fingerprint density at radius 2 is 2.14 bits per heavy atom. The average molecular weight is 206 g/mol. The first kappa shape index (κ1) is 8.54. The summed E-state index contributed by atoms with van der Waals surface area (Å²) in [5.74, 6) is 1.59. The van der Waals surface area contributed by atoms with Gasteiger partial charge in [-0.25, -0.2) is 4.39 Å². The first-order valence-corrected chi connectivity index (χ1v) is 5.96. The van der Waals surface area contributed by atoms with Crippen LogP contribution in [0.4, 0.5) is 4.39 Å². The molecule has 1 aliphatic heterocycles. The number of hydrogen-bond donors (Lipinski definition) is 0. The average Bonchev–Trinajstić information content (AvgIpc) is 3.01. The van der Waals surface area contributed by atoms with Crippen molar-refractivity contribution in [2.24, 2.45) is 5.92 Å². The Balaban J connectivity index is 2.12. The molecular formula is C12H11FS. The van der Waals surface area contributed by atoms with Gasteiger partial charge in [-0.05, 0) is 36.0 Å². The van der Waals surface area contributed by atoms with Gasteiger partial charge in [0.05, 0.1) is 4.90 Å². The molecule has 2 aliphatic rings. The fourth-order valence-electron chi connectivity index (χ4n) is 1.99. The van der Waals surface area contributed by atoms with Gasteiger partial charge in [0.2, 0.25) is 0 Å². The van der Waals surface area contributed by atoms with Crippen molar-refractivity contribution in [3.63, 3.8) is 0 Å². The molecule has 0 unspecified atom stereocenters. The Morgan fingerprint density at radius 3 is 2.93 bits per heavy atom. The summed E-state index contributed by atoms with van der Waals surface area (Å²) in [4.78, 5) is 0.858. The number of halogens is 1. The molecule has 0 saturated heterocycles. The Labute approximate surface area is 87.2 Å². The van der Waals surface area contributed by atoms with Crippen LogP contribution in [-0.2, 0) is 0 Å². The summed E-state index contributed by atoms with van der Waals surface area (Å²) in [5, 5.41) is 0. The molecule has 2 heteroatoms. The van der Waals surface area contributed by atoms with Crippen LogP contribution in [0.25, 0.3) is 5.57 Å². The molecule has 1 aromatic carbocycles. The minimum absolute atomic E-state index is 0.0567. The molecule has 0 nitrogen and oxygen atoms in total. The van der Waals surface area contributed by atoms with Crippen molar-refractivity contribution in [1.29, 1.82) is 0 Å². The summed E-state index contributed by atoms with van der Waals surface area (Å²) in [5.41, 5.74) is 2.53. The third-order valence-corrected chi connectivity index (χ3v) is 3.86. The van der Waals surface area contributed by atoms with Crippen LogP contribution in [0.5, 0.6) is 0 Å². The van der Waals surface area contributed by atoms with E-state index in [2.05, 4.69) is 12.1 Å². The maximum absolute atomic E-state index is 13.5. The minimum atomic E-state index is -0.0567. The second-order valence-corrected chi connectivity index (χ2v) is 4.89. The van der Waals surface area contributed by atoms with E-state index in [4.69, 9.17) is 0 Å². The van der Waals surface area contributed by atoms with E-state index in [1.54, 1.807) is 17.8 Å². The maximum atomic E-state index is 13.5. The molecule has 1 saturated carbocycles. The van der Waals surface area contributed by atoms with Gasteiger partial charge in [0.15, 0.2) is 0 Å². The molecule has 0 radical (unpaired) electrons. The van der Waals surface area contributed by atoms with Crippen LogP contribution in [0.3, 0.4) is 0 Å². The lowest BCUT2D eigenvalue weighted by atomic mass is 10.0. The molecule has 1 aromatic rings. The van der Waals surface area contributed by atoms with E-state index >= 15 is 0 Å². The van der Waals surface area contributed by atoms with Crippen molar-refractivity contribution in [1.82, 2.24) is 0 Å². The molecule has 72 valence electrons. The Hall–Kier alpha value is -0.760. The number of allylic oxidation sites excluding steroid dienone is 1. The quantitative estimate of drug-likeness (QED) is 0.674. The summed E-state index contributed by atoms with van der Waals surface area (Å²) in [6.07, 6.45) is 4.84. The zero-order valence-electron chi connectivity index (χ0n) is 7.79. The number of thioether (sulfide) groups is 1. The van der Waals surface area contributed by atoms with Crippen molar-refractivity contribution in [3.8, 4) is 0 Å². The highest BCUT2D eigenvalue weighted by Crippen LogP contribution is 2.47. The first-order valence-electron chi connectivity index (χ1n) is 4.98. The Bertz CT molecular complexity index is 405. The lowest BCUT2D eigenvalue weighted by molar-refractivity contribution is 0.600. The van der Waals surface area contributed by atoms with Crippen molar-refractivity contribution >= 4 is 17.3 Å². The molecule has 3 rings (SSSR count). The monoisotopic (exact) mass is 206 g/mol. The largest absolute Gasteiger partial charge is 0.206 e. The molecule has 0 aromatic heterocycles. The topological polar surface area (TPSA) is 0 Å². The number of benzene rings is 1. The summed E-state index contributed by atoms with van der Waals surface area (Å²) in [6.45, 7) is 0. The highest BCUT2D eigenvalue weighted by atomic mass is 32.2.